The number of hydrogen-bond acceptors (Lipinski definition) is 4. The van der Waals surface area contributed by atoms with E-state index in [-0.39, 0.29) is 6.10 Å². The Morgan fingerprint density at radius 1 is 1.56 bits per heavy atom. The molecular formula is C12H14N2O2. The van der Waals surface area contributed by atoms with Crippen molar-refractivity contribution in [2.24, 2.45) is 0 Å². The maximum atomic E-state index is 9.10. The number of nitrogens with zero attached hydrogens (tertiary/aromatic N) is 1. The Labute approximate surface area is 94.6 Å². The lowest BCUT2D eigenvalue weighted by molar-refractivity contribution is 0.111. The van der Waals surface area contributed by atoms with Crippen molar-refractivity contribution in [1.82, 2.24) is 0 Å². The fourth-order valence-corrected chi connectivity index (χ4v) is 1.98. The van der Waals surface area contributed by atoms with Crippen LogP contribution >= 0.6 is 0 Å². The Bertz CT molecular complexity index is 431. The van der Waals surface area contributed by atoms with Crippen molar-refractivity contribution in [2.45, 2.75) is 18.9 Å². The van der Waals surface area contributed by atoms with E-state index in [4.69, 9.17) is 20.5 Å². The summed E-state index contributed by atoms with van der Waals surface area (Å²) in [7, 11) is 1.58. The number of hydrogen-bond donors (Lipinski definition) is 1. The standard InChI is InChI=1S/C12H14N2O2/c1-15-8-5-9(12-3-2-4-16-12)10(7-13)11(14)6-8/h5-6,12H,2-4,14H2,1H3. The van der Waals surface area contributed by atoms with Gasteiger partial charge < -0.3 is 15.2 Å². The second kappa shape index (κ2) is 4.42. The predicted octanol–water partition coefficient (Wildman–Crippen LogP) is 2.00. The normalized spacial score (nSPS) is 19.4. The number of benzene rings is 1. The molecular weight excluding hydrogens is 204 g/mol. The summed E-state index contributed by atoms with van der Waals surface area (Å²) < 4.78 is 10.7. The summed E-state index contributed by atoms with van der Waals surface area (Å²) in [6.45, 7) is 0.743. The van der Waals surface area contributed by atoms with Gasteiger partial charge in [0.25, 0.3) is 0 Å². The number of rotatable bonds is 2. The van der Waals surface area contributed by atoms with E-state index in [1.165, 1.54) is 0 Å². The summed E-state index contributed by atoms with van der Waals surface area (Å²) in [5, 5.41) is 9.10. The SMILES string of the molecule is COc1cc(N)c(C#N)c(C2CCCO2)c1. The van der Waals surface area contributed by atoms with Gasteiger partial charge >= 0.3 is 0 Å². The molecule has 1 atom stereocenters. The highest BCUT2D eigenvalue weighted by atomic mass is 16.5. The average Bonchev–Trinajstić information content (AvgIpc) is 2.81. The summed E-state index contributed by atoms with van der Waals surface area (Å²) in [6.07, 6.45) is 1.93. The van der Waals surface area contributed by atoms with Crippen LogP contribution in [0.5, 0.6) is 5.75 Å². The number of anilines is 1. The molecule has 1 heterocycles. The van der Waals surface area contributed by atoms with Crippen molar-refractivity contribution >= 4 is 5.69 Å². The highest BCUT2D eigenvalue weighted by Crippen LogP contribution is 2.35. The minimum atomic E-state index is -0.0213. The van der Waals surface area contributed by atoms with Crippen LogP contribution < -0.4 is 10.5 Å². The molecule has 1 aromatic carbocycles. The first-order chi connectivity index (χ1) is 7.76. The number of nitriles is 1. The van der Waals surface area contributed by atoms with E-state index in [0.29, 0.717) is 17.0 Å². The zero-order valence-corrected chi connectivity index (χ0v) is 9.19. The Balaban J connectivity index is 2.48. The number of ether oxygens (including phenoxy) is 2. The molecule has 4 heteroatoms. The quantitative estimate of drug-likeness (QED) is 0.771. The van der Waals surface area contributed by atoms with Crippen LogP contribution in [-0.2, 0) is 4.74 Å². The Kier molecular flexibility index (Phi) is 2.97. The molecule has 0 aliphatic carbocycles. The van der Waals surface area contributed by atoms with Crippen LogP contribution in [0.4, 0.5) is 5.69 Å². The summed E-state index contributed by atoms with van der Waals surface area (Å²) in [5.41, 5.74) is 7.62. The largest absolute Gasteiger partial charge is 0.497 e. The molecule has 1 aliphatic rings. The average molecular weight is 218 g/mol. The third-order valence-corrected chi connectivity index (χ3v) is 2.80. The second-order valence-electron chi connectivity index (χ2n) is 3.79. The summed E-state index contributed by atoms with van der Waals surface area (Å²) in [4.78, 5) is 0. The van der Waals surface area contributed by atoms with Crippen LogP contribution in [0.3, 0.4) is 0 Å². The van der Waals surface area contributed by atoms with Gasteiger partial charge in [-0.1, -0.05) is 0 Å². The molecule has 0 spiro atoms. The molecule has 1 aliphatic heterocycles. The Morgan fingerprint density at radius 3 is 2.94 bits per heavy atom. The van der Waals surface area contributed by atoms with E-state index >= 15 is 0 Å². The minimum Gasteiger partial charge on any atom is -0.497 e. The third-order valence-electron chi connectivity index (χ3n) is 2.80. The molecule has 0 radical (unpaired) electrons. The number of nitrogens with two attached hydrogens (primary N) is 1. The highest BCUT2D eigenvalue weighted by molar-refractivity contribution is 5.62. The van der Waals surface area contributed by atoms with Crippen molar-refractivity contribution in [3.63, 3.8) is 0 Å². The van der Waals surface area contributed by atoms with Crippen molar-refractivity contribution in [2.75, 3.05) is 19.5 Å². The molecule has 1 saturated heterocycles. The van der Waals surface area contributed by atoms with Crippen LogP contribution in [0.2, 0.25) is 0 Å². The van der Waals surface area contributed by atoms with E-state index in [2.05, 4.69) is 6.07 Å². The molecule has 0 aromatic heterocycles. The topological polar surface area (TPSA) is 68.3 Å². The zero-order valence-electron chi connectivity index (χ0n) is 9.19. The fraction of sp³-hybridized carbons (Fsp3) is 0.417. The zero-order chi connectivity index (χ0) is 11.5. The van der Waals surface area contributed by atoms with Gasteiger partial charge in [-0.05, 0) is 18.9 Å². The molecule has 84 valence electrons. The van der Waals surface area contributed by atoms with E-state index in [1.54, 1.807) is 13.2 Å². The number of methoxy groups -OCH3 is 1. The lowest BCUT2D eigenvalue weighted by Gasteiger charge is -2.14. The first-order valence-electron chi connectivity index (χ1n) is 5.25. The summed E-state index contributed by atoms with van der Waals surface area (Å²) in [6, 6.07) is 5.63. The van der Waals surface area contributed by atoms with E-state index < -0.39 is 0 Å². The van der Waals surface area contributed by atoms with Gasteiger partial charge in [0, 0.05) is 18.2 Å². The van der Waals surface area contributed by atoms with Crippen molar-refractivity contribution in [1.29, 1.82) is 5.26 Å². The van der Waals surface area contributed by atoms with Crippen LogP contribution in [-0.4, -0.2) is 13.7 Å². The van der Waals surface area contributed by atoms with Crippen LogP contribution in [0.1, 0.15) is 30.1 Å². The highest BCUT2D eigenvalue weighted by Gasteiger charge is 2.22. The number of nitrogen functional groups attached to an aromatic ring is 1. The molecule has 16 heavy (non-hydrogen) atoms. The lowest BCUT2D eigenvalue weighted by atomic mass is 9.99. The third kappa shape index (κ3) is 1.82. The van der Waals surface area contributed by atoms with Gasteiger partial charge in [-0.2, -0.15) is 5.26 Å². The smallest absolute Gasteiger partial charge is 0.121 e. The van der Waals surface area contributed by atoms with Gasteiger partial charge in [0.15, 0.2) is 0 Å². The molecule has 4 nitrogen and oxygen atoms in total. The minimum absolute atomic E-state index is 0.0213. The van der Waals surface area contributed by atoms with E-state index in [9.17, 15) is 0 Å². The Morgan fingerprint density at radius 2 is 2.38 bits per heavy atom. The van der Waals surface area contributed by atoms with Crippen molar-refractivity contribution in [3.8, 4) is 11.8 Å². The van der Waals surface area contributed by atoms with Gasteiger partial charge in [-0.25, -0.2) is 0 Å². The van der Waals surface area contributed by atoms with E-state index in [1.807, 2.05) is 6.07 Å². The van der Waals surface area contributed by atoms with Crippen LogP contribution in [0.15, 0.2) is 12.1 Å². The van der Waals surface area contributed by atoms with Crippen molar-refractivity contribution in [3.05, 3.63) is 23.3 Å². The monoisotopic (exact) mass is 218 g/mol. The molecule has 0 amide bonds. The first kappa shape index (κ1) is 10.8. The molecule has 2 rings (SSSR count). The second-order valence-corrected chi connectivity index (χ2v) is 3.79. The van der Waals surface area contributed by atoms with Gasteiger partial charge in [0.1, 0.15) is 11.8 Å². The molecule has 1 unspecified atom stereocenters. The van der Waals surface area contributed by atoms with Crippen LogP contribution in [0.25, 0.3) is 0 Å². The van der Waals surface area contributed by atoms with Gasteiger partial charge in [-0.3, -0.25) is 0 Å². The predicted molar refractivity (Wildman–Crippen MR) is 60.0 cm³/mol. The molecule has 1 fully saturated rings. The summed E-state index contributed by atoms with van der Waals surface area (Å²) in [5.74, 6) is 0.669. The Hall–Kier alpha value is -1.73. The first-order valence-corrected chi connectivity index (χ1v) is 5.25. The fourth-order valence-electron chi connectivity index (χ4n) is 1.98. The van der Waals surface area contributed by atoms with Gasteiger partial charge in [-0.15, -0.1) is 0 Å². The van der Waals surface area contributed by atoms with Crippen LogP contribution in [0, 0.1) is 11.3 Å². The maximum absolute atomic E-state index is 9.10. The molecule has 0 saturated carbocycles. The molecule has 2 N–H and O–H groups in total. The molecule has 0 bridgehead atoms. The van der Waals surface area contributed by atoms with Crippen molar-refractivity contribution < 1.29 is 9.47 Å². The van der Waals surface area contributed by atoms with Gasteiger partial charge in [0.05, 0.1) is 24.5 Å². The summed E-state index contributed by atoms with van der Waals surface area (Å²) >= 11 is 0. The molecule has 1 aromatic rings. The van der Waals surface area contributed by atoms with E-state index in [0.717, 1.165) is 25.0 Å². The maximum Gasteiger partial charge on any atom is 0.121 e. The lowest BCUT2D eigenvalue weighted by Crippen LogP contribution is -2.03. The van der Waals surface area contributed by atoms with Gasteiger partial charge in [0.2, 0.25) is 0 Å².